The molecule has 1 unspecified atom stereocenters. The van der Waals surface area contributed by atoms with Crippen molar-refractivity contribution >= 4 is 16.8 Å². The first-order valence-electron chi connectivity index (χ1n) is 2.87. The molecular formula is C5H10N2OS. The summed E-state index contributed by atoms with van der Waals surface area (Å²) >= 11 is 1.64. The van der Waals surface area contributed by atoms with Crippen LogP contribution in [0.5, 0.6) is 0 Å². The molecule has 0 aromatic rings. The summed E-state index contributed by atoms with van der Waals surface area (Å²) in [6.07, 6.45) is 0. The Morgan fingerprint density at radius 1 is 1.89 bits per heavy atom. The van der Waals surface area contributed by atoms with Crippen LogP contribution in [0.25, 0.3) is 0 Å². The number of nitrogens with two attached hydrogens (primary N) is 1. The maximum absolute atomic E-state index is 8.62. The van der Waals surface area contributed by atoms with Gasteiger partial charge in [-0.25, -0.2) is 0 Å². The highest BCUT2D eigenvalue weighted by Crippen LogP contribution is 2.16. The van der Waals surface area contributed by atoms with Crippen molar-refractivity contribution in [3.05, 3.63) is 0 Å². The number of aliphatic hydroxyl groups excluding tert-OH is 1. The monoisotopic (exact) mass is 146 g/mol. The van der Waals surface area contributed by atoms with Gasteiger partial charge >= 0.3 is 0 Å². The van der Waals surface area contributed by atoms with Crippen molar-refractivity contribution in [1.82, 2.24) is 0 Å². The van der Waals surface area contributed by atoms with Crippen molar-refractivity contribution in [2.24, 2.45) is 10.7 Å². The predicted octanol–water partition coefficient (Wildman–Crippen LogP) is -0.549. The minimum absolute atomic E-state index is 0.105. The van der Waals surface area contributed by atoms with E-state index in [1.165, 1.54) is 0 Å². The van der Waals surface area contributed by atoms with Crippen LogP contribution < -0.4 is 5.73 Å². The number of thioether (sulfide) groups is 1. The quantitative estimate of drug-likeness (QED) is 0.549. The van der Waals surface area contributed by atoms with E-state index >= 15 is 0 Å². The number of hydrogen-bond donors (Lipinski definition) is 2. The first-order chi connectivity index (χ1) is 4.36. The molecule has 1 aliphatic rings. The van der Waals surface area contributed by atoms with E-state index < -0.39 is 0 Å². The minimum Gasteiger partial charge on any atom is -0.394 e. The van der Waals surface area contributed by atoms with E-state index in [9.17, 15) is 0 Å². The fourth-order valence-corrected chi connectivity index (χ4v) is 1.58. The van der Waals surface area contributed by atoms with Crippen LogP contribution in [0.4, 0.5) is 0 Å². The standard InChI is InChI=1S/C5H10N2OS/c6-1-5-7-4(2-8)3-9-5/h4,8H,1-3,6H2. The van der Waals surface area contributed by atoms with Gasteiger partial charge in [0.15, 0.2) is 0 Å². The summed E-state index contributed by atoms with van der Waals surface area (Å²) in [4.78, 5) is 4.13. The van der Waals surface area contributed by atoms with Gasteiger partial charge in [-0.3, -0.25) is 4.99 Å². The summed E-state index contributed by atoms with van der Waals surface area (Å²) in [5, 5.41) is 9.58. The van der Waals surface area contributed by atoms with Gasteiger partial charge in [0, 0.05) is 12.3 Å². The fraction of sp³-hybridized carbons (Fsp3) is 0.800. The Morgan fingerprint density at radius 3 is 3.00 bits per heavy atom. The van der Waals surface area contributed by atoms with Crippen molar-refractivity contribution < 1.29 is 5.11 Å². The van der Waals surface area contributed by atoms with E-state index in [0.29, 0.717) is 6.54 Å². The van der Waals surface area contributed by atoms with Gasteiger partial charge in [0.25, 0.3) is 0 Å². The normalized spacial score (nSPS) is 26.4. The van der Waals surface area contributed by atoms with Gasteiger partial charge in [-0.05, 0) is 0 Å². The molecule has 0 fully saturated rings. The zero-order chi connectivity index (χ0) is 6.69. The van der Waals surface area contributed by atoms with Crippen LogP contribution in [-0.2, 0) is 0 Å². The molecule has 1 atom stereocenters. The fourth-order valence-electron chi connectivity index (χ4n) is 0.676. The van der Waals surface area contributed by atoms with E-state index in [0.717, 1.165) is 10.8 Å². The molecule has 0 spiro atoms. The van der Waals surface area contributed by atoms with E-state index in [-0.39, 0.29) is 12.6 Å². The average Bonchev–Trinajstić information content (AvgIpc) is 2.34. The number of aliphatic hydroxyl groups is 1. The highest BCUT2D eigenvalue weighted by atomic mass is 32.2. The molecule has 0 aromatic heterocycles. The molecule has 4 heteroatoms. The second-order valence-electron chi connectivity index (χ2n) is 1.87. The number of aliphatic imine (C=N–C) groups is 1. The van der Waals surface area contributed by atoms with Gasteiger partial charge in [0.05, 0.1) is 17.7 Å². The van der Waals surface area contributed by atoms with Gasteiger partial charge in [-0.1, -0.05) is 0 Å². The molecule has 1 aliphatic heterocycles. The van der Waals surface area contributed by atoms with Crippen LogP contribution >= 0.6 is 11.8 Å². The lowest BCUT2D eigenvalue weighted by Gasteiger charge is -1.95. The van der Waals surface area contributed by atoms with Gasteiger partial charge in [-0.2, -0.15) is 0 Å². The smallest absolute Gasteiger partial charge is 0.0834 e. The average molecular weight is 146 g/mol. The molecule has 0 aromatic carbocycles. The Hall–Kier alpha value is -0.0600. The molecule has 0 aliphatic carbocycles. The third-order valence-corrected chi connectivity index (χ3v) is 2.31. The largest absolute Gasteiger partial charge is 0.394 e. The Balaban J connectivity index is 2.40. The maximum Gasteiger partial charge on any atom is 0.0834 e. The summed E-state index contributed by atoms with van der Waals surface area (Å²) in [6.45, 7) is 0.664. The lowest BCUT2D eigenvalue weighted by molar-refractivity contribution is 0.277. The first-order valence-corrected chi connectivity index (χ1v) is 3.85. The van der Waals surface area contributed by atoms with Crippen LogP contribution in [0.2, 0.25) is 0 Å². The molecule has 52 valence electrons. The Kier molecular flexibility index (Phi) is 2.50. The highest BCUT2D eigenvalue weighted by molar-refractivity contribution is 8.14. The van der Waals surface area contributed by atoms with E-state index in [4.69, 9.17) is 10.8 Å². The summed E-state index contributed by atoms with van der Waals surface area (Å²) in [5.74, 6) is 0.892. The van der Waals surface area contributed by atoms with Crippen molar-refractivity contribution in [2.45, 2.75) is 6.04 Å². The molecule has 0 saturated carbocycles. The molecular weight excluding hydrogens is 136 g/mol. The first kappa shape index (κ1) is 7.05. The second-order valence-corrected chi connectivity index (χ2v) is 2.97. The highest BCUT2D eigenvalue weighted by Gasteiger charge is 2.14. The Bertz CT molecular complexity index is 126. The topological polar surface area (TPSA) is 58.6 Å². The van der Waals surface area contributed by atoms with Crippen LogP contribution in [0.15, 0.2) is 4.99 Å². The summed E-state index contributed by atoms with van der Waals surface area (Å²) in [6, 6.07) is 0.105. The number of nitrogens with zero attached hydrogens (tertiary/aromatic N) is 1. The molecule has 1 heterocycles. The zero-order valence-electron chi connectivity index (χ0n) is 5.08. The molecule has 0 bridgehead atoms. The molecule has 0 amide bonds. The summed E-state index contributed by atoms with van der Waals surface area (Å²) < 4.78 is 0. The van der Waals surface area contributed by atoms with Crippen molar-refractivity contribution in [2.75, 3.05) is 18.9 Å². The molecule has 3 N–H and O–H groups in total. The van der Waals surface area contributed by atoms with Gasteiger partial charge in [-0.15, -0.1) is 11.8 Å². The van der Waals surface area contributed by atoms with Crippen LogP contribution in [0.1, 0.15) is 0 Å². The van der Waals surface area contributed by atoms with Crippen LogP contribution in [0.3, 0.4) is 0 Å². The second kappa shape index (κ2) is 3.20. The predicted molar refractivity (Wildman–Crippen MR) is 39.8 cm³/mol. The van der Waals surface area contributed by atoms with Gasteiger partial charge < -0.3 is 10.8 Å². The third-order valence-electron chi connectivity index (χ3n) is 1.15. The van der Waals surface area contributed by atoms with Gasteiger partial charge in [0.1, 0.15) is 0 Å². The Morgan fingerprint density at radius 2 is 2.67 bits per heavy atom. The van der Waals surface area contributed by atoms with Crippen molar-refractivity contribution in [3.63, 3.8) is 0 Å². The molecule has 0 radical (unpaired) electrons. The van der Waals surface area contributed by atoms with Crippen LogP contribution in [0, 0.1) is 0 Å². The van der Waals surface area contributed by atoms with Gasteiger partial charge in [0.2, 0.25) is 0 Å². The molecule has 0 saturated heterocycles. The van der Waals surface area contributed by atoms with E-state index in [2.05, 4.69) is 4.99 Å². The SMILES string of the molecule is NCC1=NC(CO)CS1. The molecule has 1 rings (SSSR count). The minimum atomic E-state index is 0.105. The number of hydrogen-bond acceptors (Lipinski definition) is 4. The number of rotatable bonds is 2. The van der Waals surface area contributed by atoms with Crippen LogP contribution in [-0.4, -0.2) is 35.1 Å². The third kappa shape index (κ3) is 1.67. The molecule has 3 nitrogen and oxygen atoms in total. The van der Waals surface area contributed by atoms with E-state index in [1.807, 2.05) is 0 Å². The zero-order valence-corrected chi connectivity index (χ0v) is 5.90. The lowest BCUT2D eigenvalue weighted by Crippen LogP contribution is -2.09. The molecule has 9 heavy (non-hydrogen) atoms. The van der Waals surface area contributed by atoms with E-state index in [1.54, 1.807) is 11.8 Å². The lowest BCUT2D eigenvalue weighted by atomic mass is 10.4. The van der Waals surface area contributed by atoms with Crippen molar-refractivity contribution in [3.8, 4) is 0 Å². The summed E-state index contributed by atoms with van der Waals surface area (Å²) in [7, 11) is 0. The summed E-state index contributed by atoms with van der Waals surface area (Å²) in [5.41, 5.74) is 5.32. The van der Waals surface area contributed by atoms with Crippen molar-refractivity contribution in [1.29, 1.82) is 0 Å². The maximum atomic E-state index is 8.62. The Labute approximate surface area is 58.3 Å².